The number of carbonyl (C=O) groups excluding carboxylic acids is 1. The summed E-state index contributed by atoms with van der Waals surface area (Å²) in [4.78, 5) is 11.9. The summed E-state index contributed by atoms with van der Waals surface area (Å²) in [5.74, 6) is -0.313. The Morgan fingerprint density at radius 3 is 2.25 bits per heavy atom. The molecule has 0 fully saturated rings. The van der Waals surface area contributed by atoms with Gasteiger partial charge in [-0.05, 0) is 37.6 Å². The Bertz CT molecular complexity index is 873. The molecule has 2 aromatic carbocycles. The van der Waals surface area contributed by atoms with Gasteiger partial charge in [0, 0.05) is 10.6 Å². The van der Waals surface area contributed by atoms with E-state index in [-0.39, 0.29) is 16.3 Å². The number of benzene rings is 2. The highest BCUT2D eigenvalue weighted by atomic mass is 35.5. The molecule has 0 saturated heterocycles. The molecule has 0 aliphatic carbocycles. The fourth-order valence-corrected chi connectivity index (χ4v) is 3.63. The Kier molecular flexibility index (Phi) is 5.59. The summed E-state index contributed by atoms with van der Waals surface area (Å²) in [6.45, 7) is 6.94. The number of sulfonamides is 1. The summed E-state index contributed by atoms with van der Waals surface area (Å²) in [5, 5.41) is 0.358. The van der Waals surface area contributed by atoms with Crippen LogP contribution >= 0.6 is 11.6 Å². The van der Waals surface area contributed by atoms with Gasteiger partial charge in [0.05, 0.1) is 10.9 Å². The monoisotopic (exact) mass is 363 g/mol. The Labute approximate surface area is 147 Å². The predicted octanol–water partition coefficient (Wildman–Crippen LogP) is 3.81. The van der Waals surface area contributed by atoms with Gasteiger partial charge >= 0.3 is 0 Å². The van der Waals surface area contributed by atoms with E-state index in [9.17, 15) is 13.2 Å². The minimum Gasteiger partial charge on any atom is -0.295 e. The molecule has 0 unspecified atom stereocenters. The maximum Gasteiger partial charge on any atom is 0.241 e. The molecular formula is C18H18ClNO3S. The van der Waals surface area contributed by atoms with Gasteiger partial charge in [-0.3, -0.25) is 4.79 Å². The summed E-state index contributed by atoms with van der Waals surface area (Å²) in [5.41, 5.74) is 1.55. The van der Waals surface area contributed by atoms with Crippen LogP contribution in [0.5, 0.6) is 0 Å². The van der Waals surface area contributed by atoms with Crippen molar-refractivity contribution in [2.45, 2.75) is 24.8 Å². The van der Waals surface area contributed by atoms with Crippen molar-refractivity contribution in [2.24, 2.45) is 0 Å². The van der Waals surface area contributed by atoms with E-state index in [4.69, 9.17) is 11.6 Å². The van der Waals surface area contributed by atoms with E-state index in [0.717, 1.165) is 5.56 Å². The van der Waals surface area contributed by atoms with Crippen LogP contribution in [0, 0.1) is 6.92 Å². The molecule has 0 saturated carbocycles. The largest absolute Gasteiger partial charge is 0.295 e. The molecule has 0 aliphatic heterocycles. The predicted molar refractivity (Wildman–Crippen MR) is 95.5 cm³/mol. The van der Waals surface area contributed by atoms with Crippen molar-refractivity contribution in [2.75, 3.05) is 0 Å². The van der Waals surface area contributed by atoms with E-state index in [2.05, 4.69) is 11.3 Å². The zero-order chi connectivity index (χ0) is 17.9. The summed E-state index contributed by atoms with van der Waals surface area (Å²) < 4.78 is 27.9. The molecule has 126 valence electrons. The molecule has 2 rings (SSSR count). The van der Waals surface area contributed by atoms with Crippen LogP contribution in [0.4, 0.5) is 0 Å². The maximum atomic E-state index is 12.7. The highest BCUT2D eigenvalue weighted by Gasteiger charge is 2.26. The molecule has 0 amide bonds. The van der Waals surface area contributed by atoms with Crippen LogP contribution in [0.1, 0.15) is 24.1 Å². The van der Waals surface area contributed by atoms with E-state index in [0.29, 0.717) is 10.6 Å². The average Bonchev–Trinajstić information content (AvgIpc) is 2.53. The van der Waals surface area contributed by atoms with Gasteiger partial charge in [-0.2, -0.15) is 4.72 Å². The second kappa shape index (κ2) is 7.30. The lowest BCUT2D eigenvalue weighted by molar-refractivity contribution is -0.113. The van der Waals surface area contributed by atoms with Crippen molar-refractivity contribution in [1.82, 2.24) is 4.72 Å². The van der Waals surface area contributed by atoms with Crippen LogP contribution in [0.25, 0.3) is 0 Å². The van der Waals surface area contributed by atoms with E-state index in [1.165, 1.54) is 19.1 Å². The summed E-state index contributed by atoms with van der Waals surface area (Å²) >= 11 is 6.18. The Hall–Kier alpha value is -1.95. The van der Waals surface area contributed by atoms with Crippen LogP contribution in [-0.4, -0.2) is 14.2 Å². The minimum absolute atomic E-state index is 0.113. The van der Waals surface area contributed by atoms with Crippen molar-refractivity contribution in [3.63, 3.8) is 0 Å². The fraction of sp³-hybridized carbons (Fsp3) is 0.167. The number of nitrogens with one attached hydrogen (secondary N) is 1. The molecule has 1 atom stereocenters. The number of rotatable bonds is 6. The third-order valence-corrected chi connectivity index (χ3v) is 5.40. The van der Waals surface area contributed by atoms with Crippen LogP contribution < -0.4 is 4.72 Å². The standard InChI is InChI=1S/C18H18ClNO3S/c1-12-8-10-15(11-9-12)24(22,23)20-18(13(2)14(3)21)16-6-4-5-7-17(16)19/h4-11,18,20H,2H2,1,3H3/t18-/m0/s1. The smallest absolute Gasteiger partial charge is 0.241 e. The second-order valence-corrected chi connectivity index (χ2v) is 7.59. The molecule has 2 aromatic rings. The maximum absolute atomic E-state index is 12.7. The van der Waals surface area contributed by atoms with Crippen LogP contribution in [0.15, 0.2) is 65.6 Å². The summed E-state index contributed by atoms with van der Waals surface area (Å²) in [7, 11) is -3.84. The fourth-order valence-electron chi connectivity index (χ4n) is 2.18. The van der Waals surface area contributed by atoms with Gasteiger partial charge in [0.1, 0.15) is 0 Å². The first-order valence-corrected chi connectivity index (χ1v) is 9.11. The number of Topliss-reactive ketones (excluding diaryl/α,β-unsaturated/α-hetero) is 1. The zero-order valence-corrected chi connectivity index (χ0v) is 15.0. The molecule has 0 aliphatic rings. The van der Waals surface area contributed by atoms with Gasteiger partial charge in [-0.25, -0.2) is 8.42 Å². The lowest BCUT2D eigenvalue weighted by Crippen LogP contribution is -2.31. The van der Waals surface area contributed by atoms with Crippen molar-refractivity contribution in [3.05, 3.63) is 76.8 Å². The normalized spacial score (nSPS) is 12.6. The van der Waals surface area contributed by atoms with Gasteiger partial charge in [0.15, 0.2) is 5.78 Å². The minimum atomic E-state index is -3.84. The molecule has 1 N–H and O–H groups in total. The lowest BCUT2D eigenvalue weighted by Gasteiger charge is -2.21. The Morgan fingerprint density at radius 2 is 1.71 bits per heavy atom. The number of hydrogen-bond donors (Lipinski definition) is 1. The molecule has 0 radical (unpaired) electrons. The highest BCUT2D eigenvalue weighted by Crippen LogP contribution is 2.29. The van der Waals surface area contributed by atoms with Gasteiger partial charge in [0.25, 0.3) is 0 Å². The number of aryl methyl sites for hydroxylation is 1. The Balaban J connectivity index is 2.45. The first kappa shape index (κ1) is 18.4. The first-order valence-electron chi connectivity index (χ1n) is 7.25. The van der Waals surface area contributed by atoms with Crippen molar-refractivity contribution < 1.29 is 13.2 Å². The molecule has 0 spiro atoms. The van der Waals surface area contributed by atoms with E-state index >= 15 is 0 Å². The lowest BCUT2D eigenvalue weighted by atomic mass is 9.98. The van der Waals surface area contributed by atoms with Crippen LogP contribution in [-0.2, 0) is 14.8 Å². The zero-order valence-electron chi connectivity index (χ0n) is 13.4. The number of ketones is 1. The molecule has 24 heavy (non-hydrogen) atoms. The molecular weight excluding hydrogens is 346 g/mol. The molecule has 0 heterocycles. The van der Waals surface area contributed by atoms with Crippen LogP contribution in [0.2, 0.25) is 5.02 Å². The van der Waals surface area contributed by atoms with Gasteiger partial charge in [-0.1, -0.05) is 54.1 Å². The quantitative estimate of drug-likeness (QED) is 0.793. The highest BCUT2D eigenvalue weighted by molar-refractivity contribution is 7.89. The molecule has 0 aromatic heterocycles. The van der Waals surface area contributed by atoms with E-state index in [1.54, 1.807) is 36.4 Å². The van der Waals surface area contributed by atoms with Crippen molar-refractivity contribution in [3.8, 4) is 0 Å². The van der Waals surface area contributed by atoms with E-state index in [1.807, 2.05) is 6.92 Å². The third-order valence-electron chi connectivity index (χ3n) is 3.62. The SMILES string of the molecule is C=C(C(C)=O)[C@H](NS(=O)(=O)c1ccc(C)cc1)c1ccccc1Cl. The number of carbonyl (C=O) groups is 1. The van der Waals surface area contributed by atoms with Gasteiger partial charge in [-0.15, -0.1) is 0 Å². The third kappa shape index (κ3) is 4.12. The van der Waals surface area contributed by atoms with Crippen molar-refractivity contribution >= 4 is 27.4 Å². The summed E-state index contributed by atoms with van der Waals surface area (Å²) in [6.07, 6.45) is 0. The number of hydrogen-bond acceptors (Lipinski definition) is 3. The molecule has 0 bridgehead atoms. The second-order valence-electron chi connectivity index (χ2n) is 5.47. The van der Waals surface area contributed by atoms with Crippen molar-refractivity contribution in [1.29, 1.82) is 0 Å². The Morgan fingerprint density at radius 1 is 1.12 bits per heavy atom. The van der Waals surface area contributed by atoms with Gasteiger partial charge in [0.2, 0.25) is 10.0 Å². The topological polar surface area (TPSA) is 63.2 Å². The first-order chi connectivity index (χ1) is 11.2. The number of halogens is 1. The molecule has 6 heteroatoms. The van der Waals surface area contributed by atoms with E-state index < -0.39 is 16.1 Å². The van der Waals surface area contributed by atoms with Crippen LogP contribution in [0.3, 0.4) is 0 Å². The van der Waals surface area contributed by atoms with Gasteiger partial charge < -0.3 is 0 Å². The summed E-state index contributed by atoms with van der Waals surface area (Å²) in [6, 6.07) is 12.3. The average molecular weight is 364 g/mol. The molecule has 4 nitrogen and oxygen atoms in total.